The van der Waals surface area contributed by atoms with Gasteiger partial charge >= 0.3 is 0 Å². The first-order valence-corrected chi connectivity index (χ1v) is 5.71. The Kier molecular flexibility index (Phi) is 3.33. The average Bonchev–Trinajstić information content (AvgIpc) is 2.85. The highest BCUT2D eigenvalue weighted by Crippen LogP contribution is 2.15. The Labute approximate surface area is 90.8 Å². The van der Waals surface area contributed by atoms with E-state index in [9.17, 15) is 0 Å². The zero-order valence-electron chi connectivity index (χ0n) is 8.30. The molecule has 0 atom stereocenters. The Morgan fingerprint density at radius 1 is 1.53 bits per heavy atom. The van der Waals surface area contributed by atoms with Gasteiger partial charge in [-0.1, -0.05) is 10.4 Å². The third kappa shape index (κ3) is 2.79. The second-order valence-corrected chi connectivity index (χ2v) is 4.16. The van der Waals surface area contributed by atoms with Crippen LogP contribution >= 0.6 is 11.8 Å². The van der Waals surface area contributed by atoms with Gasteiger partial charge in [-0.15, -0.1) is 10.2 Å². The molecule has 2 aromatic rings. The van der Waals surface area contributed by atoms with E-state index in [-0.39, 0.29) is 0 Å². The number of aromatic amines is 1. The summed E-state index contributed by atoms with van der Waals surface area (Å²) >= 11 is 1.80. The zero-order valence-corrected chi connectivity index (χ0v) is 9.12. The van der Waals surface area contributed by atoms with Crippen molar-refractivity contribution in [2.75, 3.05) is 5.75 Å². The number of aromatic nitrogens is 5. The minimum absolute atomic E-state index is 0.754. The van der Waals surface area contributed by atoms with Gasteiger partial charge in [0.25, 0.3) is 0 Å². The molecule has 0 aliphatic rings. The van der Waals surface area contributed by atoms with Crippen molar-refractivity contribution in [3.05, 3.63) is 23.3 Å². The molecule has 1 N–H and O–H groups in total. The highest BCUT2D eigenvalue weighted by atomic mass is 32.2. The summed E-state index contributed by atoms with van der Waals surface area (Å²) in [6.07, 6.45) is 2.52. The summed E-state index contributed by atoms with van der Waals surface area (Å²) in [5.74, 6) is 2.63. The molecule has 6 nitrogen and oxygen atoms in total. The van der Waals surface area contributed by atoms with E-state index in [1.807, 2.05) is 6.92 Å². The van der Waals surface area contributed by atoms with E-state index < -0.39 is 0 Å². The van der Waals surface area contributed by atoms with Crippen LogP contribution in [0.4, 0.5) is 0 Å². The van der Waals surface area contributed by atoms with Gasteiger partial charge in [-0.25, -0.2) is 0 Å². The molecule has 0 radical (unpaired) electrons. The summed E-state index contributed by atoms with van der Waals surface area (Å²) in [5.41, 5.74) is 2.11. The number of H-pyrrole nitrogens is 1. The lowest BCUT2D eigenvalue weighted by atomic mass is 10.3. The van der Waals surface area contributed by atoms with Crippen LogP contribution in [0.1, 0.15) is 17.1 Å². The van der Waals surface area contributed by atoms with Gasteiger partial charge < -0.3 is 4.52 Å². The lowest BCUT2D eigenvalue weighted by molar-refractivity contribution is 0.414. The Hall–Kier alpha value is -1.37. The molecule has 0 aromatic carbocycles. The summed E-state index contributed by atoms with van der Waals surface area (Å²) < 4.78 is 4.85. The first-order valence-electron chi connectivity index (χ1n) is 4.56. The van der Waals surface area contributed by atoms with Crippen molar-refractivity contribution in [1.29, 1.82) is 0 Å². The van der Waals surface area contributed by atoms with Crippen molar-refractivity contribution in [2.45, 2.75) is 19.1 Å². The van der Waals surface area contributed by atoms with Crippen LogP contribution < -0.4 is 0 Å². The first-order chi connectivity index (χ1) is 7.36. The molecule has 2 aromatic heterocycles. The molecular weight excluding hydrogens is 214 g/mol. The van der Waals surface area contributed by atoms with Gasteiger partial charge in [0.1, 0.15) is 6.26 Å². The van der Waals surface area contributed by atoms with Gasteiger partial charge in [0, 0.05) is 23.5 Å². The number of nitrogens with zero attached hydrogens (tertiary/aromatic N) is 4. The summed E-state index contributed by atoms with van der Waals surface area (Å²) in [6, 6.07) is 0. The highest BCUT2D eigenvalue weighted by Gasteiger charge is 2.03. The molecular formula is C8H11N5OS. The van der Waals surface area contributed by atoms with E-state index in [1.165, 1.54) is 0 Å². The topological polar surface area (TPSA) is 80.5 Å². The number of nitrogens with one attached hydrogen (secondary N) is 1. The molecule has 2 rings (SSSR count). The second-order valence-electron chi connectivity index (χ2n) is 3.06. The van der Waals surface area contributed by atoms with E-state index in [1.54, 1.807) is 18.0 Å². The molecule has 7 heteroatoms. The number of hydrogen-bond donors (Lipinski definition) is 1. The third-order valence-corrected chi connectivity index (χ3v) is 2.97. The second kappa shape index (κ2) is 4.92. The van der Waals surface area contributed by atoms with Crippen molar-refractivity contribution in [3.63, 3.8) is 0 Å². The summed E-state index contributed by atoms with van der Waals surface area (Å²) in [7, 11) is 0. The lowest BCUT2D eigenvalue weighted by Gasteiger charge is -1.96. The van der Waals surface area contributed by atoms with Gasteiger partial charge in [-0.05, 0) is 6.92 Å². The molecule has 0 fully saturated rings. The molecule has 0 saturated heterocycles. The fraction of sp³-hybridized carbons (Fsp3) is 0.500. The van der Waals surface area contributed by atoms with Crippen LogP contribution in [0.25, 0.3) is 0 Å². The van der Waals surface area contributed by atoms with E-state index >= 15 is 0 Å². The van der Waals surface area contributed by atoms with Crippen LogP contribution in [0.15, 0.2) is 10.8 Å². The highest BCUT2D eigenvalue weighted by molar-refractivity contribution is 7.98. The van der Waals surface area contributed by atoms with Crippen LogP contribution in [-0.2, 0) is 12.2 Å². The number of rotatable bonds is 5. The Balaban J connectivity index is 1.70. The predicted octanol–water partition coefficient (Wildman–Crippen LogP) is 0.972. The SMILES string of the molecule is Cc1nocc1CSCCc1nn[nH]n1. The predicted molar refractivity (Wildman–Crippen MR) is 55.3 cm³/mol. The Morgan fingerprint density at radius 3 is 3.13 bits per heavy atom. The van der Waals surface area contributed by atoms with Crippen LogP contribution in [0.2, 0.25) is 0 Å². The van der Waals surface area contributed by atoms with E-state index in [0.29, 0.717) is 0 Å². The minimum atomic E-state index is 0.754. The molecule has 2 heterocycles. The molecule has 0 aliphatic carbocycles. The van der Waals surface area contributed by atoms with Gasteiger partial charge in [0.15, 0.2) is 5.82 Å². The quantitative estimate of drug-likeness (QED) is 0.764. The normalized spacial score (nSPS) is 10.7. The third-order valence-electron chi connectivity index (χ3n) is 1.97. The van der Waals surface area contributed by atoms with Crippen LogP contribution in [0.3, 0.4) is 0 Å². The maximum Gasteiger partial charge on any atom is 0.175 e. The minimum Gasteiger partial charge on any atom is -0.364 e. The molecule has 80 valence electrons. The fourth-order valence-corrected chi connectivity index (χ4v) is 2.05. The molecule has 0 bridgehead atoms. The van der Waals surface area contributed by atoms with E-state index in [4.69, 9.17) is 4.52 Å². The summed E-state index contributed by atoms with van der Waals surface area (Å²) in [5, 5.41) is 17.5. The van der Waals surface area contributed by atoms with Gasteiger partial charge in [-0.2, -0.15) is 17.0 Å². The van der Waals surface area contributed by atoms with Crippen molar-refractivity contribution >= 4 is 11.8 Å². The largest absolute Gasteiger partial charge is 0.364 e. The standard InChI is InChI=1S/C8H11N5OS/c1-6-7(4-14-11-6)5-15-3-2-8-9-12-13-10-8/h4H,2-3,5H2,1H3,(H,9,10,12,13). The number of thioether (sulfide) groups is 1. The van der Waals surface area contributed by atoms with E-state index in [0.717, 1.165) is 35.0 Å². The molecule has 0 spiro atoms. The maximum absolute atomic E-state index is 4.85. The summed E-state index contributed by atoms with van der Waals surface area (Å²) in [4.78, 5) is 0. The van der Waals surface area contributed by atoms with Gasteiger partial charge in [0.2, 0.25) is 0 Å². The van der Waals surface area contributed by atoms with Crippen LogP contribution in [-0.4, -0.2) is 31.5 Å². The van der Waals surface area contributed by atoms with Crippen molar-refractivity contribution in [2.24, 2.45) is 0 Å². The fourth-order valence-electron chi connectivity index (χ4n) is 1.09. The number of aryl methyl sites for hydroxylation is 2. The molecule has 0 saturated carbocycles. The monoisotopic (exact) mass is 225 g/mol. The number of hydrogen-bond acceptors (Lipinski definition) is 6. The van der Waals surface area contributed by atoms with Crippen LogP contribution in [0.5, 0.6) is 0 Å². The lowest BCUT2D eigenvalue weighted by Crippen LogP contribution is -1.92. The van der Waals surface area contributed by atoms with Gasteiger partial charge in [-0.3, -0.25) is 0 Å². The number of tetrazole rings is 1. The molecule has 0 amide bonds. The van der Waals surface area contributed by atoms with Crippen molar-refractivity contribution in [1.82, 2.24) is 25.8 Å². The van der Waals surface area contributed by atoms with Crippen molar-refractivity contribution in [3.8, 4) is 0 Å². The average molecular weight is 225 g/mol. The van der Waals surface area contributed by atoms with Crippen molar-refractivity contribution < 1.29 is 4.52 Å². The molecule has 0 unspecified atom stereocenters. The smallest absolute Gasteiger partial charge is 0.175 e. The molecule has 15 heavy (non-hydrogen) atoms. The Bertz CT molecular complexity index is 399. The first kappa shape index (κ1) is 10.2. The Morgan fingerprint density at radius 2 is 2.47 bits per heavy atom. The van der Waals surface area contributed by atoms with Gasteiger partial charge in [0.05, 0.1) is 5.69 Å². The summed E-state index contributed by atoms with van der Waals surface area (Å²) in [6.45, 7) is 1.94. The van der Waals surface area contributed by atoms with E-state index in [2.05, 4.69) is 25.8 Å². The molecule has 0 aliphatic heterocycles. The maximum atomic E-state index is 4.85. The zero-order chi connectivity index (χ0) is 10.5. The van der Waals surface area contributed by atoms with Crippen LogP contribution in [0, 0.1) is 6.92 Å².